The summed E-state index contributed by atoms with van der Waals surface area (Å²) in [5.74, 6) is -2.49. The molecule has 0 saturated carbocycles. The lowest BCUT2D eigenvalue weighted by molar-refractivity contribution is -0.123. The number of halogens is 1. The van der Waals surface area contributed by atoms with E-state index < -0.39 is 28.5 Å². The van der Waals surface area contributed by atoms with Crippen LogP contribution in [-0.4, -0.2) is 27.6 Å². The Morgan fingerprint density at radius 1 is 1.09 bits per heavy atom. The van der Waals surface area contributed by atoms with Crippen LogP contribution in [0.5, 0.6) is 17.2 Å². The van der Waals surface area contributed by atoms with Gasteiger partial charge in [0.25, 0.3) is 0 Å². The third-order valence-electron chi connectivity index (χ3n) is 5.94. The van der Waals surface area contributed by atoms with Gasteiger partial charge in [0.1, 0.15) is 34.0 Å². The molecule has 0 unspecified atom stereocenters. The maximum Gasteiger partial charge on any atom is 0.194 e. The van der Waals surface area contributed by atoms with Gasteiger partial charge < -0.3 is 20.3 Å². The highest BCUT2D eigenvalue weighted by Crippen LogP contribution is 2.57. The van der Waals surface area contributed by atoms with E-state index in [4.69, 9.17) is 4.74 Å². The van der Waals surface area contributed by atoms with Crippen LogP contribution in [-0.2, 0) is 15.0 Å². The molecule has 7 nitrogen and oxygen atoms in total. The monoisotopic (exact) mass is 497 g/mol. The number of allylic oxidation sites excluding steroid dienone is 4. The summed E-state index contributed by atoms with van der Waals surface area (Å²) in [5, 5.41) is 24.3. The Labute approximate surface area is 192 Å². The fourth-order valence-corrected chi connectivity index (χ4v) is 4.44. The molecule has 0 fully saturated rings. The second-order valence-corrected chi connectivity index (χ2v) is 8.93. The summed E-state index contributed by atoms with van der Waals surface area (Å²) >= 11 is 3.36. The molecule has 1 aliphatic carbocycles. The zero-order valence-corrected chi connectivity index (χ0v) is 19.4. The Morgan fingerprint density at radius 3 is 2.31 bits per heavy atom. The summed E-state index contributed by atoms with van der Waals surface area (Å²) in [6, 6.07) is 7.23. The van der Waals surface area contributed by atoms with Crippen molar-refractivity contribution in [2.24, 2.45) is 0 Å². The number of nitrogens with one attached hydrogen (secondary N) is 1. The van der Waals surface area contributed by atoms with Gasteiger partial charge in [0, 0.05) is 27.5 Å². The van der Waals surface area contributed by atoms with E-state index in [1.54, 1.807) is 19.1 Å². The van der Waals surface area contributed by atoms with Crippen LogP contribution in [0.15, 0.2) is 51.8 Å². The molecule has 3 N–H and O–H groups in total. The first kappa shape index (κ1) is 21.8. The molecule has 2 aliphatic rings. The maximum absolute atomic E-state index is 13.7. The summed E-state index contributed by atoms with van der Waals surface area (Å²) < 4.78 is 6.64. The molecule has 32 heavy (non-hydrogen) atoms. The molecule has 0 radical (unpaired) electrons. The van der Waals surface area contributed by atoms with Crippen molar-refractivity contribution in [1.29, 1.82) is 0 Å². The van der Waals surface area contributed by atoms with Crippen LogP contribution in [0.2, 0.25) is 0 Å². The number of phenols is 2. The summed E-state index contributed by atoms with van der Waals surface area (Å²) in [6.07, 6.45) is 1.19. The van der Waals surface area contributed by atoms with Gasteiger partial charge in [0.15, 0.2) is 17.3 Å². The number of aromatic hydroxyl groups is 2. The third kappa shape index (κ3) is 2.97. The number of ether oxygens (including phenoxy) is 1. The summed E-state index contributed by atoms with van der Waals surface area (Å²) in [6.45, 7) is 5.85. The van der Waals surface area contributed by atoms with Crippen molar-refractivity contribution in [2.45, 2.75) is 33.1 Å². The number of phenolic OH excluding ortho intramolecular Hbond substituents is 2. The highest BCUT2D eigenvalue weighted by atomic mass is 79.9. The average molecular weight is 498 g/mol. The lowest BCUT2D eigenvalue weighted by Gasteiger charge is -2.29. The van der Waals surface area contributed by atoms with Crippen molar-refractivity contribution in [3.8, 4) is 17.2 Å². The van der Waals surface area contributed by atoms with E-state index in [9.17, 15) is 24.6 Å². The van der Waals surface area contributed by atoms with E-state index >= 15 is 0 Å². The van der Waals surface area contributed by atoms with Gasteiger partial charge in [-0.1, -0.05) is 15.9 Å². The molecule has 2 aromatic rings. The molecular weight excluding hydrogens is 478 g/mol. The van der Waals surface area contributed by atoms with E-state index in [0.29, 0.717) is 11.4 Å². The number of rotatable bonds is 3. The lowest BCUT2D eigenvalue weighted by Crippen LogP contribution is -2.40. The summed E-state index contributed by atoms with van der Waals surface area (Å²) in [5.41, 5.74) is -0.602. The first-order chi connectivity index (χ1) is 15.0. The Bertz CT molecular complexity index is 1290. The number of fused-ring (bicyclic) bond motifs is 3. The van der Waals surface area contributed by atoms with E-state index in [1.165, 1.54) is 26.8 Å². The predicted molar refractivity (Wildman–Crippen MR) is 121 cm³/mol. The number of benzene rings is 2. The van der Waals surface area contributed by atoms with Gasteiger partial charge in [-0.25, -0.2) is 0 Å². The average Bonchev–Trinajstić information content (AvgIpc) is 3.01. The maximum atomic E-state index is 13.7. The topological polar surface area (TPSA) is 113 Å². The third-order valence-corrected chi connectivity index (χ3v) is 6.46. The van der Waals surface area contributed by atoms with E-state index in [1.807, 2.05) is 12.1 Å². The van der Waals surface area contributed by atoms with Crippen LogP contribution < -0.4 is 10.1 Å². The Balaban J connectivity index is 1.91. The number of anilines is 1. The van der Waals surface area contributed by atoms with E-state index in [0.717, 1.165) is 4.47 Å². The van der Waals surface area contributed by atoms with Gasteiger partial charge in [-0.3, -0.25) is 14.4 Å². The molecule has 0 amide bonds. The molecular formula is C24H20BrNO6. The minimum Gasteiger partial charge on any atom is -0.507 e. The smallest absolute Gasteiger partial charge is 0.194 e. The summed E-state index contributed by atoms with van der Waals surface area (Å²) in [4.78, 5) is 38.8. The first-order valence-electron chi connectivity index (χ1n) is 9.81. The Kier molecular flexibility index (Phi) is 5.01. The van der Waals surface area contributed by atoms with Crippen LogP contribution in [0.1, 0.15) is 42.3 Å². The second-order valence-electron chi connectivity index (χ2n) is 8.02. The summed E-state index contributed by atoms with van der Waals surface area (Å²) in [7, 11) is 0. The standard InChI is InChI=1S/C24H20BrNO6/c1-10-20(29)18(12(3)27)22-19(21(10)30)24(4)16(32-22)9-15(28)17(23(24)31)11(2)26-14-7-5-13(25)6-8-14/h5-9,26,29-30H,1-4H3/b17-11+/t24-/m1/s1. The molecule has 1 atom stereocenters. The predicted octanol–water partition coefficient (Wildman–Crippen LogP) is 4.44. The molecule has 0 aromatic heterocycles. The molecule has 0 spiro atoms. The molecule has 1 aliphatic heterocycles. The minimum absolute atomic E-state index is 0.00508. The van der Waals surface area contributed by atoms with Crippen molar-refractivity contribution in [1.82, 2.24) is 0 Å². The zero-order chi connectivity index (χ0) is 23.5. The van der Waals surface area contributed by atoms with Gasteiger partial charge in [-0.2, -0.15) is 0 Å². The molecule has 2 aromatic carbocycles. The normalized spacial score (nSPS) is 20.8. The van der Waals surface area contributed by atoms with Crippen LogP contribution in [0.3, 0.4) is 0 Å². The first-order valence-corrected chi connectivity index (χ1v) is 10.6. The lowest BCUT2D eigenvalue weighted by atomic mass is 9.70. The van der Waals surface area contributed by atoms with Crippen molar-refractivity contribution in [3.63, 3.8) is 0 Å². The SMILES string of the molecule is CC(=O)c1c(O)c(C)c(O)c2c1OC1=CC(=O)/C(=C(/C)Nc3ccc(Br)cc3)C(=O)[C@]12C. The molecule has 0 saturated heterocycles. The van der Waals surface area contributed by atoms with Gasteiger partial charge >= 0.3 is 0 Å². The highest BCUT2D eigenvalue weighted by molar-refractivity contribution is 9.10. The van der Waals surface area contributed by atoms with Crippen LogP contribution >= 0.6 is 15.9 Å². The van der Waals surface area contributed by atoms with Gasteiger partial charge in [-0.15, -0.1) is 0 Å². The van der Waals surface area contributed by atoms with E-state index in [2.05, 4.69) is 21.2 Å². The molecule has 1 heterocycles. The molecule has 164 valence electrons. The zero-order valence-electron chi connectivity index (χ0n) is 17.8. The molecule has 8 heteroatoms. The Hall–Kier alpha value is -3.39. The van der Waals surface area contributed by atoms with Crippen molar-refractivity contribution >= 4 is 39.0 Å². The molecule has 0 bridgehead atoms. The largest absolute Gasteiger partial charge is 0.507 e. The van der Waals surface area contributed by atoms with E-state index in [-0.39, 0.29) is 39.5 Å². The fraction of sp³-hybridized carbons (Fsp3) is 0.208. The van der Waals surface area contributed by atoms with Crippen LogP contribution in [0.25, 0.3) is 0 Å². The van der Waals surface area contributed by atoms with Crippen LogP contribution in [0, 0.1) is 6.92 Å². The van der Waals surface area contributed by atoms with Gasteiger partial charge in [0.05, 0.1) is 11.1 Å². The highest BCUT2D eigenvalue weighted by Gasteiger charge is 2.56. The van der Waals surface area contributed by atoms with Gasteiger partial charge in [-0.05, 0) is 52.0 Å². The fourth-order valence-electron chi connectivity index (χ4n) is 4.17. The second kappa shape index (κ2) is 7.34. The number of carbonyl (C=O) groups excluding carboxylic acids is 3. The number of hydrogen-bond donors (Lipinski definition) is 3. The number of Topliss-reactive ketones (excluding diaryl/α,β-unsaturated/α-hetero) is 2. The van der Waals surface area contributed by atoms with Crippen molar-refractivity contribution < 1.29 is 29.3 Å². The Morgan fingerprint density at radius 2 is 1.72 bits per heavy atom. The number of hydrogen-bond acceptors (Lipinski definition) is 7. The minimum atomic E-state index is -1.53. The quantitative estimate of drug-likeness (QED) is 0.326. The van der Waals surface area contributed by atoms with Gasteiger partial charge in [0.2, 0.25) is 0 Å². The number of carbonyl (C=O) groups is 3. The van der Waals surface area contributed by atoms with Crippen molar-refractivity contribution in [3.05, 3.63) is 68.5 Å². The number of ketones is 3. The van der Waals surface area contributed by atoms with Crippen molar-refractivity contribution in [2.75, 3.05) is 5.32 Å². The van der Waals surface area contributed by atoms with Crippen LogP contribution in [0.4, 0.5) is 5.69 Å². The molecule has 4 rings (SSSR count).